The Morgan fingerprint density at radius 1 is 1.25 bits per heavy atom. The molecule has 2 aromatic rings. The SMILES string of the molecule is CCOC(=O)C1CCCN(c2nc(C(C)CC)nc3sc4c(c23)CCCC4)C1. The fraction of sp³-hybridized carbons (Fsp3) is 0.682. The van der Waals surface area contributed by atoms with E-state index in [1.54, 1.807) is 0 Å². The molecule has 4 rings (SSSR count). The monoisotopic (exact) mass is 401 g/mol. The van der Waals surface area contributed by atoms with Crippen LogP contribution in [0, 0.1) is 5.92 Å². The highest BCUT2D eigenvalue weighted by molar-refractivity contribution is 7.19. The summed E-state index contributed by atoms with van der Waals surface area (Å²) in [7, 11) is 0. The Labute approximate surface area is 171 Å². The van der Waals surface area contributed by atoms with Crippen molar-refractivity contribution in [1.29, 1.82) is 0 Å². The van der Waals surface area contributed by atoms with E-state index in [2.05, 4.69) is 18.7 Å². The molecule has 1 fully saturated rings. The molecule has 28 heavy (non-hydrogen) atoms. The van der Waals surface area contributed by atoms with Crippen molar-refractivity contribution in [2.45, 2.75) is 71.6 Å². The molecule has 0 bridgehead atoms. The minimum absolute atomic E-state index is 0.0553. The number of hydrogen-bond donors (Lipinski definition) is 0. The van der Waals surface area contributed by atoms with Crippen LogP contribution in [0.1, 0.15) is 75.1 Å². The van der Waals surface area contributed by atoms with Gasteiger partial charge in [0.05, 0.1) is 17.9 Å². The molecule has 0 aromatic carbocycles. The average molecular weight is 402 g/mol. The lowest BCUT2D eigenvalue weighted by Crippen LogP contribution is -2.40. The first-order valence-corrected chi connectivity index (χ1v) is 11.7. The highest BCUT2D eigenvalue weighted by atomic mass is 32.1. The Morgan fingerprint density at radius 2 is 2.07 bits per heavy atom. The normalized spacial score (nSPS) is 20.8. The average Bonchev–Trinajstić information content (AvgIpc) is 3.11. The minimum atomic E-state index is -0.0630. The Hall–Kier alpha value is -1.69. The van der Waals surface area contributed by atoms with Gasteiger partial charge in [-0.05, 0) is 57.4 Å². The molecule has 1 saturated heterocycles. The molecule has 1 aliphatic carbocycles. The number of anilines is 1. The van der Waals surface area contributed by atoms with Crippen LogP contribution in [0.2, 0.25) is 0 Å². The van der Waals surface area contributed by atoms with E-state index in [-0.39, 0.29) is 11.9 Å². The molecule has 2 aliphatic rings. The van der Waals surface area contributed by atoms with E-state index in [4.69, 9.17) is 14.7 Å². The molecule has 3 heterocycles. The van der Waals surface area contributed by atoms with Gasteiger partial charge in [0, 0.05) is 23.9 Å². The first kappa shape index (κ1) is 19.6. The van der Waals surface area contributed by atoms with Gasteiger partial charge in [0.25, 0.3) is 0 Å². The van der Waals surface area contributed by atoms with Crippen LogP contribution in [-0.2, 0) is 22.4 Å². The van der Waals surface area contributed by atoms with Gasteiger partial charge in [-0.1, -0.05) is 13.8 Å². The number of carbonyl (C=O) groups is 1. The molecule has 2 atom stereocenters. The quantitative estimate of drug-likeness (QED) is 0.670. The lowest BCUT2D eigenvalue weighted by molar-refractivity contribution is -0.148. The Bertz CT molecular complexity index is 863. The smallest absolute Gasteiger partial charge is 0.310 e. The van der Waals surface area contributed by atoms with Crippen molar-refractivity contribution in [1.82, 2.24) is 9.97 Å². The zero-order valence-electron chi connectivity index (χ0n) is 17.3. The van der Waals surface area contributed by atoms with E-state index < -0.39 is 0 Å². The number of hydrogen-bond acceptors (Lipinski definition) is 6. The van der Waals surface area contributed by atoms with Gasteiger partial charge >= 0.3 is 5.97 Å². The number of fused-ring (bicyclic) bond motifs is 3. The molecule has 0 saturated carbocycles. The van der Waals surface area contributed by atoms with Crippen molar-refractivity contribution in [3.05, 3.63) is 16.3 Å². The Kier molecular flexibility index (Phi) is 5.85. The summed E-state index contributed by atoms with van der Waals surface area (Å²) in [4.78, 5) is 27.4. The minimum Gasteiger partial charge on any atom is -0.466 e. The molecule has 0 radical (unpaired) electrons. The number of aryl methyl sites for hydroxylation is 2. The van der Waals surface area contributed by atoms with Crippen LogP contribution in [0.15, 0.2) is 0 Å². The summed E-state index contributed by atoms with van der Waals surface area (Å²) in [5.41, 5.74) is 1.47. The van der Waals surface area contributed by atoms with E-state index in [1.807, 2.05) is 18.3 Å². The number of esters is 1. The molecular weight excluding hydrogens is 370 g/mol. The van der Waals surface area contributed by atoms with Crippen molar-refractivity contribution < 1.29 is 9.53 Å². The van der Waals surface area contributed by atoms with E-state index in [9.17, 15) is 4.79 Å². The van der Waals surface area contributed by atoms with Crippen molar-refractivity contribution in [3.63, 3.8) is 0 Å². The maximum atomic E-state index is 12.4. The van der Waals surface area contributed by atoms with E-state index in [1.165, 1.54) is 35.1 Å². The summed E-state index contributed by atoms with van der Waals surface area (Å²) < 4.78 is 5.31. The predicted octanol–water partition coefficient (Wildman–Crippen LogP) is 4.86. The van der Waals surface area contributed by atoms with Gasteiger partial charge in [-0.15, -0.1) is 11.3 Å². The number of aromatic nitrogens is 2. The predicted molar refractivity (Wildman–Crippen MR) is 114 cm³/mol. The first-order valence-electron chi connectivity index (χ1n) is 10.9. The van der Waals surface area contributed by atoms with Crippen LogP contribution in [0.25, 0.3) is 10.2 Å². The molecule has 5 nitrogen and oxygen atoms in total. The fourth-order valence-corrected chi connectivity index (χ4v) is 5.67. The second-order valence-corrected chi connectivity index (χ2v) is 9.23. The van der Waals surface area contributed by atoms with E-state index in [0.29, 0.717) is 19.1 Å². The lowest BCUT2D eigenvalue weighted by Gasteiger charge is -2.33. The van der Waals surface area contributed by atoms with Gasteiger partial charge in [0.2, 0.25) is 0 Å². The van der Waals surface area contributed by atoms with Gasteiger partial charge in [-0.3, -0.25) is 4.79 Å². The van der Waals surface area contributed by atoms with E-state index >= 15 is 0 Å². The summed E-state index contributed by atoms with van der Waals surface area (Å²) in [6.07, 6.45) is 7.75. The number of rotatable bonds is 5. The lowest BCUT2D eigenvalue weighted by atomic mass is 9.95. The largest absolute Gasteiger partial charge is 0.466 e. The molecule has 2 aromatic heterocycles. The zero-order chi connectivity index (χ0) is 19.7. The molecule has 152 valence electrons. The highest BCUT2D eigenvalue weighted by Crippen LogP contribution is 2.41. The molecule has 0 spiro atoms. The fourth-order valence-electron chi connectivity index (χ4n) is 4.41. The molecule has 0 amide bonds. The van der Waals surface area contributed by atoms with Gasteiger partial charge < -0.3 is 9.64 Å². The first-order chi connectivity index (χ1) is 13.6. The molecule has 2 unspecified atom stereocenters. The summed E-state index contributed by atoms with van der Waals surface area (Å²) in [6, 6.07) is 0. The van der Waals surface area contributed by atoms with Gasteiger partial charge in [-0.2, -0.15) is 0 Å². The van der Waals surface area contributed by atoms with Crippen molar-refractivity contribution in [3.8, 4) is 0 Å². The van der Waals surface area contributed by atoms with Crippen LogP contribution < -0.4 is 4.90 Å². The second kappa shape index (κ2) is 8.36. The van der Waals surface area contributed by atoms with Crippen molar-refractivity contribution in [2.24, 2.45) is 5.92 Å². The molecule has 6 heteroatoms. The topological polar surface area (TPSA) is 55.3 Å². The zero-order valence-corrected chi connectivity index (χ0v) is 18.1. The van der Waals surface area contributed by atoms with Crippen LogP contribution in [0.5, 0.6) is 0 Å². The standard InChI is InChI=1S/C22H31N3O2S/c1-4-14(3)19-23-20(25-12-8-9-15(13-25)22(26)27-5-2)18-16-10-6-7-11-17(16)28-21(18)24-19/h14-15H,4-13H2,1-3H3. The molecular formula is C22H31N3O2S. The summed E-state index contributed by atoms with van der Waals surface area (Å²) in [5, 5.41) is 1.26. The second-order valence-electron chi connectivity index (χ2n) is 8.14. The third-order valence-corrected chi connectivity index (χ3v) is 7.39. The molecule has 0 N–H and O–H groups in total. The third-order valence-electron chi connectivity index (χ3n) is 6.21. The van der Waals surface area contributed by atoms with Crippen LogP contribution >= 0.6 is 11.3 Å². The maximum Gasteiger partial charge on any atom is 0.310 e. The summed E-state index contributed by atoms with van der Waals surface area (Å²) in [6.45, 7) is 8.37. The van der Waals surface area contributed by atoms with E-state index in [0.717, 1.165) is 48.7 Å². The van der Waals surface area contributed by atoms with Gasteiger partial charge in [0.15, 0.2) is 0 Å². The van der Waals surface area contributed by atoms with Crippen molar-refractivity contribution in [2.75, 3.05) is 24.6 Å². The number of piperidine rings is 1. The summed E-state index contributed by atoms with van der Waals surface area (Å²) >= 11 is 1.87. The van der Waals surface area contributed by atoms with Crippen LogP contribution in [-0.4, -0.2) is 35.6 Å². The summed E-state index contributed by atoms with van der Waals surface area (Å²) in [5.74, 6) is 2.23. The number of carbonyl (C=O) groups excluding carboxylic acids is 1. The maximum absolute atomic E-state index is 12.4. The van der Waals surface area contributed by atoms with Gasteiger partial charge in [-0.25, -0.2) is 9.97 Å². The number of ether oxygens (including phenoxy) is 1. The van der Waals surface area contributed by atoms with Crippen molar-refractivity contribution >= 4 is 33.3 Å². The third kappa shape index (κ3) is 3.63. The highest BCUT2D eigenvalue weighted by Gasteiger charge is 2.31. The van der Waals surface area contributed by atoms with Crippen LogP contribution in [0.3, 0.4) is 0 Å². The Morgan fingerprint density at radius 3 is 2.86 bits per heavy atom. The number of thiophene rings is 1. The molecule has 1 aliphatic heterocycles. The Balaban J connectivity index is 1.77. The van der Waals surface area contributed by atoms with Gasteiger partial charge in [0.1, 0.15) is 16.5 Å². The van der Waals surface area contributed by atoms with Crippen LogP contribution in [0.4, 0.5) is 5.82 Å². The number of nitrogens with zero attached hydrogens (tertiary/aromatic N) is 3.